The fourth-order valence-electron chi connectivity index (χ4n) is 2.36. The Labute approximate surface area is 153 Å². The number of hydrogen-bond donors (Lipinski definition) is 1. The molecule has 0 bridgehead atoms. The van der Waals surface area contributed by atoms with Crippen molar-refractivity contribution in [3.05, 3.63) is 40.0 Å². The van der Waals surface area contributed by atoms with Crippen LogP contribution in [0.15, 0.2) is 24.5 Å². The number of aromatic nitrogens is 2. The van der Waals surface area contributed by atoms with Crippen LogP contribution in [0.5, 0.6) is 11.6 Å². The molecule has 8 heteroatoms. The molecule has 3 aromatic rings. The van der Waals surface area contributed by atoms with Gasteiger partial charge in [0.05, 0.1) is 18.2 Å². The standard InChI is InChI=1S/C17H16ClN3O3S/c1-9-10(2)25-17-15(9)16(19-8-20-17)24-7-14(22)21-12-6-11(18)4-5-13(12)23-3/h4-6,8H,7H2,1-3H3,(H,21,22). The molecular formula is C17H16ClN3O3S. The average molecular weight is 378 g/mol. The summed E-state index contributed by atoms with van der Waals surface area (Å²) in [5.41, 5.74) is 1.55. The van der Waals surface area contributed by atoms with E-state index >= 15 is 0 Å². The third-order valence-corrected chi connectivity index (χ3v) is 5.06. The third-order valence-electron chi connectivity index (χ3n) is 3.71. The Morgan fingerprint density at radius 2 is 2.12 bits per heavy atom. The zero-order valence-corrected chi connectivity index (χ0v) is 15.5. The third kappa shape index (κ3) is 3.67. The predicted octanol–water partition coefficient (Wildman–Crippen LogP) is 3.99. The second kappa shape index (κ2) is 7.25. The molecule has 1 N–H and O–H groups in total. The Morgan fingerprint density at radius 3 is 2.88 bits per heavy atom. The van der Waals surface area contributed by atoms with Crippen LogP contribution in [0.3, 0.4) is 0 Å². The van der Waals surface area contributed by atoms with Crippen LogP contribution in [0, 0.1) is 13.8 Å². The van der Waals surface area contributed by atoms with Crippen molar-refractivity contribution in [1.29, 1.82) is 0 Å². The van der Waals surface area contributed by atoms with Crippen LogP contribution < -0.4 is 14.8 Å². The number of nitrogens with one attached hydrogen (secondary N) is 1. The number of methoxy groups -OCH3 is 1. The normalized spacial score (nSPS) is 10.7. The van der Waals surface area contributed by atoms with Gasteiger partial charge in [0.15, 0.2) is 6.61 Å². The number of ether oxygens (including phenoxy) is 2. The number of thiophene rings is 1. The molecule has 1 amide bonds. The molecule has 0 saturated carbocycles. The van der Waals surface area contributed by atoms with Crippen LogP contribution in [0.1, 0.15) is 10.4 Å². The fourth-order valence-corrected chi connectivity index (χ4v) is 3.52. The van der Waals surface area contributed by atoms with E-state index < -0.39 is 0 Å². The molecule has 0 atom stereocenters. The zero-order chi connectivity index (χ0) is 18.0. The molecule has 0 saturated heterocycles. The Hall–Kier alpha value is -2.38. The molecule has 2 aromatic heterocycles. The smallest absolute Gasteiger partial charge is 0.262 e. The lowest BCUT2D eigenvalue weighted by Gasteiger charge is -2.11. The Morgan fingerprint density at radius 1 is 1.32 bits per heavy atom. The van der Waals surface area contributed by atoms with Crippen LogP contribution in [-0.2, 0) is 4.79 Å². The van der Waals surface area contributed by atoms with Crippen LogP contribution in [0.25, 0.3) is 10.2 Å². The average Bonchev–Trinajstić information content (AvgIpc) is 2.88. The number of benzene rings is 1. The number of halogens is 1. The first kappa shape index (κ1) is 17.4. The predicted molar refractivity (Wildman–Crippen MR) is 99.0 cm³/mol. The number of carbonyl (C=O) groups excluding carboxylic acids is 1. The SMILES string of the molecule is COc1ccc(Cl)cc1NC(=O)COc1ncnc2sc(C)c(C)c12. The van der Waals surface area contributed by atoms with Crippen molar-refractivity contribution in [2.24, 2.45) is 0 Å². The van der Waals surface area contributed by atoms with Crippen molar-refractivity contribution in [2.75, 3.05) is 19.0 Å². The van der Waals surface area contributed by atoms with Gasteiger partial charge in [-0.15, -0.1) is 11.3 Å². The van der Waals surface area contributed by atoms with Crippen LogP contribution in [-0.4, -0.2) is 29.6 Å². The molecule has 0 aliphatic rings. The van der Waals surface area contributed by atoms with Gasteiger partial charge in [0, 0.05) is 9.90 Å². The maximum absolute atomic E-state index is 12.2. The Kier molecular flexibility index (Phi) is 5.06. The van der Waals surface area contributed by atoms with Gasteiger partial charge in [-0.05, 0) is 37.6 Å². The van der Waals surface area contributed by atoms with E-state index in [2.05, 4.69) is 15.3 Å². The summed E-state index contributed by atoms with van der Waals surface area (Å²) in [6, 6.07) is 4.99. The number of nitrogens with zero attached hydrogens (tertiary/aromatic N) is 2. The maximum Gasteiger partial charge on any atom is 0.262 e. The number of fused-ring (bicyclic) bond motifs is 1. The monoisotopic (exact) mass is 377 g/mol. The number of carbonyl (C=O) groups is 1. The molecule has 0 radical (unpaired) electrons. The first-order valence-electron chi connectivity index (χ1n) is 7.46. The zero-order valence-electron chi connectivity index (χ0n) is 13.9. The highest BCUT2D eigenvalue weighted by Gasteiger charge is 2.15. The lowest BCUT2D eigenvalue weighted by atomic mass is 10.2. The summed E-state index contributed by atoms with van der Waals surface area (Å²) in [4.78, 5) is 22.6. The van der Waals surface area contributed by atoms with Crippen molar-refractivity contribution < 1.29 is 14.3 Å². The number of aryl methyl sites for hydroxylation is 2. The van der Waals surface area contributed by atoms with Gasteiger partial charge >= 0.3 is 0 Å². The second-order valence-electron chi connectivity index (χ2n) is 5.32. The fraction of sp³-hybridized carbons (Fsp3) is 0.235. The minimum absolute atomic E-state index is 0.184. The van der Waals surface area contributed by atoms with E-state index in [4.69, 9.17) is 21.1 Å². The molecular weight excluding hydrogens is 362 g/mol. The molecule has 0 unspecified atom stereocenters. The van der Waals surface area contributed by atoms with Gasteiger partial charge in [-0.25, -0.2) is 9.97 Å². The molecule has 0 aliphatic heterocycles. The largest absolute Gasteiger partial charge is 0.495 e. The molecule has 0 spiro atoms. The van der Waals surface area contributed by atoms with Crippen molar-refractivity contribution in [3.8, 4) is 11.6 Å². The van der Waals surface area contributed by atoms with E-state index in [1.54, 1.807) is 29.5 Å². The van der Waals surface area contributed by atoms with Gasteiger partial charge in [-0.1, -0.05) is 11.6 Å². The van der Waals surface area contributed by atoms with Crippen molar-refractivity contribution in [2.45, 2.75) is 13.8 Å². The summed E-state index contributed by atoms with van der Waals surface area (Å²) >= 11 is 7.53. The number of amides is 1. The van der Waals surface area contributed by atoms with E-state index in [1.165, 1.54) is 13.4 Å². The maximum atomic E-state index is 12.2. The molecule has 0 fully saturated rings. The minimum atomic E-state index is -0.336. The summed E-state index contributed by atoms with van der Waals surface area (Å²) in [7, 11) is 1.52. The van der Waals surface area contributed by atoms with Gasteiger partial charge in [0.1, 0.15) is 16.9 Å². The number of rotatable bonds is 5. The summed E-state index contributed by atoms with van der Waals surface area (Å²) < 4.78 is 10.8. The van der Waals surface area contributed by atoms with Gasteiger partial charge in [-0.2, -0.15) is 0 Å². The highest BCUT2D eigenvalue weighted by atomic mass is 35.5. The lowest BCUT2D eigenvalue weighted by molar-refractivity contribution is -0.118. The van der Waals surface area contributed by atoms with Gasteiger partial charge in [-0.3, -0.25) is 4.79 Å². The molecule has 1 aromatic carbocycles. The lowest BCUT2D eigenvalue weighted by Crippen LogP contribution is -2.21. The van der Waals surface area contributed by atoms with E-state index in [-0.39, 0.29) is 12.5 Å². The van der Waals surface area contributed by atoms with E-state index in [9.17, 15) is 4.79 Å². The van der Waals surface area contributed by atoms with E-state index in [0.717, 1.165) is 20.7 Å². The summed E-state index contributed by atoms with van der Waals surface area (Å²) in [6.45, 7) is 3.82. The van der Waals surface area contributed by atoms with E-state index in [1.807, 2.05) is 13.8 Å². The van der Waals surface area contributed by atoms with Gasteiger partial charge in [0.25, 0.3) is 5.91 Å². The Bertz CT molecular complexity index is 942. The second-order valence-corrected chi connectivity index (χ2v) is 6.96. The highest BCUT2D eigenvalue weighted by molar-refractivity contribution is 7.18. The summed E-state index contributed by atoms with van der Waals surface area (Å²) in [5.74, 6) is 0.587. The van der Waals surface area contributed by atoms with Crippen LogP contribution in [0.4, 0.5) is 5.69 Å². The quantitative estimate of drug-likeness (QED) is 0.727. The number of anilines is 1. The van der Waals surface area contributed by atoms with Crippen LogP contribution >= 0.6 is 22.9 Å². The molecule has 2 heterocycles. The summed E-state index contributed by atoms with van der Waals surface area (Å²) in [5, 5.41) is 4.07. The first-order chi connectivity index (χ1) is 12.0. The van der Waals surface area contributed by atoms with Gasteiger partial charge in [0.2, 0.25) is 5.88 Å². The van der Waals surface area contributed by atoms with E-state index in [0.29, 0.717) is 22.3 Å². The van der Waals surface area contributed by atoms with Crippen molar-refractivity contribution >= 4 is 44.7 Å². The molecule has 6 nitrogen and oxygen atoms in total. The summed E-state index contributed by atoms with van der Waals surface area (Å²) in [6.07, 6.45) is 1.44. The molecule has 0 aliphatic carbocycles. The minimum Gasteiger partial charge on any atom is -0.495 e. The molecule has 130 valence electrons. The topological polar surface area (TPSA) is 73.3 Å². The first-order valence-corrected chi connectivity index (χ1v) is 8.66. The molecule has 25 heavy (non-hydrogen) atoms. The van der Waals surface area contributed by atoms with Crippen molar-refractivity contribution in [3.63, 3.8) is 0 Å². The number of hydrogen-bond acceptors (Lipinski definition) is 6. The Balaban J connectivity index is 1.74. The highest BCUT2D eigenvalue weighted by Crippen LogP contribution is 2.33. The molecule has 3 rings (SSSR count). The van der Waals surface area contributed by atoms with Crippen molar-refractivity contribution in [1.82, 2.24) is 9.97 Å². The van der Waals surface area contributed by atoms with Gasteiger partial charge < -0.3 is 14.8 Å². The van der Waals surface area contributed by atoms with Crippen LogP contribution in [0.2, 0.25) is 5.02 Å².